The molecule has 0 radical (unpaired) electrons. The Morgan fingerprint density at radius 2 is 2.06 bits per heavy atom. The molecular formula is C13H16N4O. The van der Waals surface area contributed by atoms with Crippen LogP contribution in [0.15, 0.2) is 30.6 Å². The van der Waals surface area contributed by atoms with Gasteiger partial charge in [-0.15, -0.1) is 0 Å². The van der Waals surface area contributed by atoms with Crippen LogP contribution >= 0.6 is 0 Å². The Morgan fingerprint density at radius 1 is 1.28 bits per heavy atom. The number of nitrogens with two attached hydrogens (primary N) is 1. The number of anilines is 3. The summed E-state index contributed by atoms with van der Waals surface area (Å²) in [5.41, 5.74) is 7.98. The first-order valence-corrected chi connectivity index (χ1v) is 5.58. The van der Waals surface area contributed by atoms with Crippen molar-refractivity contribution in [3.05, 3.63) is 36.2 Å². The minimum Gasteiger partial charge on any atom is -0.490 e. The molecule has 2 N–H and O–H groups in total. The number of ether oxygens (including phenoxy) is 1. The molecule has 94 valence electrons. The van der Waals surface area contributed by atoms with Gasteiger partial charge < -0.3 is 15.4 Å². The summed E-state index contributed by atoms with van der Waals surface area (Å²) in [6.07, 6.45) is 1.43. The van der Waals surface area contributed by atoms with Gasteiger partial charge in [-0.05, 0) is 24.6 Å². The predicted molar refractivity (Wildman–Crippen MR) is 72.2 cm³/mol. The van der Waals surface area contributed by atoms with Crippen molar-refractivity contribution in [1.29, 1.82) is 0 Å². The van der Waals surface area contributed by atoms with Gasteiger partial charge in [-0.3, -0.25) is 0 Å². The molecule has 1 heterocycles. The van der Waals surface area contributed by atoms with Crippen LogP contribution in [0.4, 0.5) is 17.3 Å². The van der Waals surface area contributed by atoms with E-state index in [1.54, 1.807) is 7.11 Å². The highest BCUT2D eigenvalue weighted by atomic mass is 16.5. The maximum Gasteiger partial charge on any atom is 0.204 e. The number of nitrogens with zero attached hydrogens (tertiary/aromatic N) is 3. The van der Waals surface area contributed by atoms with E-state index in [1.807, 2.05) is 37.1 Å². The maximum absolute atomic E-state index is 5.77. The second-order valence-corrected chi connectivity index (χ2v) is 4.01. The Balaban J connectivity index is 2.46. The summed E-state index contributed by atoms with van der Waals surface area (Å²) in [6, 6.07) is 8.11. The normalized spacial score (nSPS) is 10.2. The summed E-state index contributed by atoms with van der Waals surface area (Å²) in [6.45, 7) is 2.04. The van der Waals surface area contributed by atoms with Gasteiger partial charge in [-0.2, -0.15) is 0 Å². The van der Waals surface area contributed by atoms with Crippen molar-refractivity contribution in [3.8, 4) is 5.75 Å². The smallest absolute Gasteiger partial charge is 0.204 e. The molecule has 2 rings (SSSR count). The van der Waals surface area contributed by atoms with Crippen LogP contribution < -0.4 is 15.4 Å². The van der Waals surface area contributed by atoms with E-state index in [0.29, 0.717) is 17.4 Å². The van der Waals surface area contributed by atoms with Crippen molar-refractivity contribution in [3.63, 3.8) is 0 Å². The third-order valence-corrected chi connectivity index (χ3v) is 2.72. The van der Waals surface area contributed by atoms with Crippen LogP contribution in [0, 0.1) is 6.92 Å². The summed E-state index contributed by atoms with van der Waals surface area (Å²) >= 11 is 0. The van der Waals surface area contributed by atoms with E-state index in [0.717, 1.165) is 5.69 Å². The first kappa shape index (κ1) is 12.2. The molecule has 0 amide bonds. The van der Waals surface area contributed by atoms with Crippen LogP contribution in [0.3, 0.4) is 0 Å². The molecule has 5 heteroatoms. The number of benzene rings is 1. The number of nitrogen functional groups attached to an aromatic ring is 1. The minimum absolute atomic E-state index is 0.335. The molecule has 0 spiro atoms. The van der Waals surface area contributed by atoms with E-state index in [9.17, 15) is 0 Å². The van der Waals surface area contributed by atoms with E-state index >= 15 is 0 Å². The Labute approximate surface area is 106 Å². The molecule has 2 aromatic rings. The molecule has 0 atom stereocenters. The number of methoxy groups -OCH3 is 1. The fourth-order valence-corrected chi connectivity index (χ4v) is 1.77. The van der Waals surface area contributed by atoms with Gasteiger partial charge in [0.1, 0.15) is 6.33 Å². The molecule has 0 bridgehead atoms. The van der Waals surface area contributed by atoms with Crippen LogP contribution in [0.2, 0.25) is 0 Å². The monoisotopic (exact) mass is 244 g/mol. The third kappa shape index (κ3) is 2.20. The topological polar surface area (TPSA) is 64.3 Å². The van der Waals surface area contributed by atoms with Gasteiger partial charge >= 0.3 is 0 Å². The predicted octanol–water partition coefficient (Wildman–Crippen LogP) is 2.14. The van der Waals surface area contributed by atoms with Crippen LogP contribution in [0.1, 0.15) is 5.56 Å². The minimum atomic E-state index is 0.335. The Morgan fingerprint density at radius 3 is 2.72 bits per heavy atom. The molecule has 18 heavy (non-hydrogen) atoms. The molecular weight excluding hydrogens is 228 g/mol. The number of rotatable bonds is 3. The molecule has 5 nitrogen and oxygen atoms in total. The Kier molecular flexibility index (Phi) is 3.32. The van der Waals surface area contributed by atoms with Crippen molar-refractivity contribution < 1.29 is 4.74 Å². The fraction of sp³-hybridized carbons (Fsp3) is 0.231. The lowest BCUT2D eigenvalue weighted by Gasteiger charge is -2.21. The van der Waals surface area contributed by atoms with Crippen molar-refractivity contribution in [2.75, 3.05) is 24.8 Å². The molecule has 0 unspecified atom stereocenters. The molecule has 0 fully saturated rings. The second kappa shape index (κ2) is 4.91. The van der Waals surface area contributed by atoms with Gasteiger partial charge in [-0.1, -0.05) is 12.1 Å². The van der Waals surface area contributed by atoms with E-state index in [4.69, 9.17) is 10.5 Å². The zero-order valence-corrected chi connectivity index (χ0v) is 10.7. The van der Waals surface area contributed by atoms with Crippen LogP contribution in [0.5, 0.6) is 5.75 Å². The highest BCUT2D eigenvalue weighted by molar-refractivity contribution is 5.70. The first-order valence-electron chi connectivity index (χ1n) is 5.58. The molecule has 0 saturated heterocycles. The summed E-state index contributed by atoms with van der Waals surface area (Å²) in [5.74, 6) is 1.47. The number of aryl methyl sites for hydroxylation is 1. The average Bonchev–Trinajstić information content (AvgIpc) is 2.37. The SMILES string of the molecule is COc1c(N)ncnc1N(C)c1cccc(C)c1. The van der Waals surface area contributed by atoms with Crippen molar-refractivity contribution in [2.45, 2.75) is 6.92 Å². The van der Waals surface area contributed by atoms with Gasteiger partial charge in [0.15, 0.2) is 11.6 Å². The summed E-state index contributed by atoms with van der Waals surface area (Å²) in [7, 11) is 3.47. The van der Waals surface area contributed by atoms with Crippen molar-refractivity contribution >= 4 is 17.3 Å². The van der Waals surface area contributed by atoms with Crippen molar-refractivity contribution in [1.82, 2.24) is 9.97 Å². The highest BCUT2D eigenvalue weighted by Gasteiger charge is 2.15. The quantitative estimate of drug-likeness (QED) is 0.896. The average molecular weight is 244 g/mol. The Hall–Kier alpha value is -2.30. The number of hydrogen-bond acceptors (Lipinski definition) is 5. The number of aromatic nitrogens is 2. The molecule has 1 aromatic carbocycles. The summed E-state index contributed by atoms with van der Waals surface area (Å²) in [4.78, 5) is 10.1. The van der Waals surface area contributed by atoms with Crippen LogP contribution in [-0.4, -0.2) is 24.1 Å². The molecule has 1 aromatic heterocycles. The van der Waals surface area contributed by atoms with E-state index in [1.165, 1.54) is 11.9 Å². The molecule has 0 aliphatic heterocycles. The van der Waals surface area contributed by atoms with Gasteiger partial charge in [0, 0.05) is 12.7 Å². The Bertz CT molecular complexity index is 556. The van der Waals surface area contributed by atoms with Gasteiger partial charge in [-0.25, -0.2) is 9.97 Å². The van der Waals surface area contributed by atoms with Gasteiger partial charge in [0.05, 0.1) is 7.11 Å². The largest absolute Gasteiger partial charge is 0.490 e. The maximum atomic E-state index is 5.77. The lowest BCUT2D eigenvalue weighted by molar-refractivity contribution is 0.414. The standard InChI is InChI=1S/C13H16N4O/c1-9-5-4-6-10(7-9)17(2)13-11(18-3)12(14)15-8-16-13/h4-8H,1-3H3,(H2,14,15,16). The first-order chi connectivity index (χ1) is 8.63. The molecule has 0 saturated carbocycles. The summed E-state index contributed by atoms with van der Waals surface area (Å²) in [5, 5.41) is 0. The van der Waals surface area contributed by atoms with Crippen molar-refractivity contribution in [2.24, 2.45) is 0 Å². The number of hydrogen-bond donors (Lipinski definition) is 1. The van der Waals surface area contributed by atoms with Crippen LogP contribution in [-0.2, 0) is 0 Å². The van der Waals surface area contributed by atoms with Crippen LogP contribution in [0.25, 0.3) is 0 Å². The van der Waals surface area contributed by atoms with Gasteiger partial charge in [0.2, 0.25) is 5.75 Å². The lowest BCUT2D eigenvalue weighted by Crippen LogP contribution is -2.14. The highest BCUT2D eigenvalue weighted by Crippen LogP contribution is 2.33. The molecule has 0 aliphatic carbocycles. The van der Waals surface area contributed by atoms with E-state index in [-0.39, 0.29) is 0 Å². The molecule has 0 aliphatic rings. The second-order valence-electron chi connectivity index (χ2n) is 4.01. The van der Waals surface area contributed by atoms with E-state index in [2.05, 4.69) is 16.0 Å². The zero-order valence-electron chi connectivity index (χ0n) is 10.7. The zero-order chi connectivity index (χ0) is 13.1. The lowest BCUT2D eigenvalue weighted by atomic mass is 10.2. The summed E-state index contributed by atoms with van der Waals surface area (Å²) < 4.78 is 5.26. The van der Waals surface area contributed by atoms with Gasteiger partial charge in [0.25, 0.3) is 0 Å². The third-order valence-electron chi connectivity index (χ3n) is 2.72. The van der Waals surface area contributed by atoms with E-state index < -0.39 is 0 Å². The fourth-order valence-electron chi connectivity index (χ4n) is 1.77.